The molecule has 0 N–H and O–H groups in total. The first-order valence-corrected chi connectivity index (χ1v) is 6.39. The largest absolute Gasteiger partial charge is 0.298 e. The Labute approximate surface area is 86.3 Å². The quantitative estimate of drug-likeness (QED) is 0.669. The summed E-state index contributed by atoms with van der Waals surface area (Å²) in [7, 11) is -1.88. The highest BCUT2D eigenvalue weighted by atomic mass is 32.2. The van der Waals surface area contributed by atoms with Gasteiger partial charge in [-0.05, 0) is 6.42 Å². The topological polar surface area (TPSA) is 54.5 Å². The van der Waals surface area contributed by atoms with E-state index in [0.29, 0.717) is 6.54 Å². The standard InChI is InChI=1S/C9H19NO3S/c1-5-6-10(4)14(12,13)7-9(11)8(2)3/h8H,5-7H2,1-4H3. The molecule has 14 heavy (non-hydrogen) atoms. The van der Waals surface area contributed by atoms with E-state index in [2.05, 4.69) is 0 Å². The van der Waals surface area contributed by atoms with Crippen LogP contribution in [0.3, 0.4) is 0 Å². The van der Waals surface area contributed by atoms with Crippen LogP contribution in [0.2, 0.25) is 0 Å². The van der Waals surface area contributed by atoms with Crippen LogP contribution in [-0.2, 0) is 14.8 Å². The van der Waals surface area contributed by atoms with E-state index >= 15 is 0 Å². The average Bonchev–Trinajstić information content (AvgIpc) is 2.03. The molecule has 0 heterocycles. The predicted molar refractivity (Wildman–Crippen MR) is 56.6 cm³/mol. The van der Waals surface area contributed by atoms with E-state index in [0.717, 1.165) is 6.42 Å². The minimum Gasteiger partial charge on any atom is -0.298 e. The molecule has 0 aromatic heterocycles. The molecule has 0 rings (SSSR count). The summed E-state index contributed by atoms with van der Waals surface area (Å²) < 4.78 is 24.3. The molecule has 0 atom stereocenters. The molecular weight excluding hydrogens is 202 g/mol. The first kappa shape index (κ1) is 13.6. The Hall–Kier alpha value is -0.420. The minimum absolute atomic E-state index is 0.222. The Morgan fingerprint density at radius 3 is 2.21 bits per heavy atom. The summed E-state index contributed by atoms with van der Waals surface area (Å²) in [5, 5.41) is 0. The Morgan fingerprint density at radius 1 is 1.36 bits per heavy atom. The van der Waals surface area contributed by atoms with Crippen molar-refractivity contribution in [3.63, 3.8) is 0 Å². The van der Waals surface area contributed by atoms with Gasteiger partial charge in [-0.15, -0.1) is 0 Å². The highest BCUT2D eigenvalue weighted by molar-refractivity contribution is 7.89. The fourth-order valence-electron chi connectivity index (χ4n) is 0.911. The Morgan fingerprint density at radius 2 is 1.86 bits per heavy atom. The van der Waals surface area contributed by atoms with Gasteiger partial charge in [-0.3, -0.25) is 4.79 Å². The zero-order chi connectivity index (χ0) is 11.4. The van der Waals surface area contributed by atoms with Crippen LogP contribution in [0.25, 0.3) is 0 Å². The smallest absolute Gasteiger partial charge is 0.221 e. The summed E-state index contributed by atoms with van der Waals surface area (Å²) >= 11 is 0. The van der Waals surface area contributed by atoms with E-state index < -0.39 is 10.0 Å². The molecule has 0 saturated heterocycles. The maximum atomic E-state index is 11.5. The van der Waals surface area contributed by atoms with Gasteiger partial charge in [-0.1, -0.05) is 20.8 Å². The zero-order valence-electron chi connectivity index (χ0n) is 9.28. The number of ketones is 1. The third kappa shape index (κ3) is 4.19. The van der Waals surface area contributed by atoms with Gasteiger partial charge in [0.05, 0.1) is 0 Å². The van der Waals surface area contributed by atoms with Crippen LogP contribution in [0, 0.1) is 5.92 Å². The molecule has 0 unspecified atom stereocenters. The predicted octanol–water partition coefficient (Wildman–Crippen LogP) is 0.883. The van der Waals surface area contributed by atoms with Gasteiger partial charge >= 0.3 is 0 Å². The van der Waals surface area contributed by atoms with E-state index in [1.165, 1.54) is 11.4 Å². The number of sulfonamides is 1. The molecule has 0 radical (unpaired) electrons. The van der Waals surface area contributed by atoms with Gasteiger partial charge in [0.25, 0.3) is 0 Å². The summed E-state index contributed by atoms with van der Waals surface area (Å²) in [5.74, 6) is -0.825. The van der Waals surface area contributed by atoms with Crippen LogP contribution in [-0.4, -0.2) is 37.9 Å². The Bertz CT molecular complexity index is 282. The third-order valence-electron chi connectivity index (χ3n) is 1.98. The average molecular weight is 221 g/mol. The van der Waals surface area contributed by atoms with Gasteiger partial charge in [-0.25, -0.2) is 12.7 Å². The van der Waals surface area contributed by atoms with E-state index in [4.69, 9.17) is 0 Å². The van der Waals surface area contributed by atoms with Gasteiger partial charge in [0, 0.05) is 19.5 Å². The van der Waals surface area contributed by atoms with Crippen LogP contribution in [0.5, 0.6) is 0 Å². The van der Waals surface area contributed by atoms with Gasteiger partial charge in [0.2, 0.25) is 10.0 Å². The van der Waals surface area contributed by atoms with E-state index in [1.54, 1.807) is 13.8 Å². The molecule has 0 saturated carbocycles. The third-order valence-corrected chi connectivity index (χ3v) is 3.76. The Balaban J connectivity index is 4.42. The molecule has 5 heteroatoms. The normalized spacial score (nSPS) is 12.4. The molecule has 84 valence electrons. The molecule has 0 aliphatic carbocycles. The maximum absolute atomic E-state index is 11.5. The monoisotopic (exact) mass is 221 g/mol. The lowest BCUT2D eigenvalue weighted by Gasteiger charge is -2.16. The fourth-order valence-corrected chi connectivity index (χ4v) is 2.28. The highest BCUT2D eigenvalue weighted by Crippen LogP contribution is 2.03. The van der Waals surface area contributed by atoms with Crippen LogP contribution in [0.1, 0.15) is 27.2 Å². The van der Waals surface area contributed by atoms with Crippen LogP contribution >= 0.6 is 0 Å². The number of carbonyl (C=O) groups excluding carboxylic acids is 1. The minimum atomic E-state index is -3.38. The lowest BCUT2D eigenvalue weighted by atomic mass is 10.1. The molecule has 0 aromatic carbocycles. The maximum Gasteiger partial charge on any atom is 0.221 e. The molecular formula is C9H19NO3S. The van der Waals surface area contributed by atoms with Crippen LogP contribution in [0.4, 0.5) is 0 Å². The number of hydrogen-bond donors (Lipinski definition) is 0. The molecule has 0 aliphatic heterocycles. The van der Waals surface area contributed by atoms with Crippen molar-refractivity contribution < 1.29 is 13.2 Å². The van der Waals surface area contributed by atoms with Gasteiger partial charge in [-0.2, -0.15) is 0 Å². The fraction of sp³-hybridized carbons (Fsp3) is 0.889. The van der Waals surface area contributed by atoms with Crippen molar-refractivity contribution in [3.05, 3.63) is 0 Å². The number of nitrogens with zero attached hydrogens (tertiary/aromatic N) is 1. The lowest BCUT2D eigenvalue weighted by Crippen LogP contribution is -2.34. The lowest BCUT2D eigenvalue weighted by molar-refractivity contribution is -0.119. The second-order valence-corrected chi connectivity index (χ2v) is 5.77. The molecule has 0 aromatic rings. The molecule has 0 amide bonds. The summed E-state index contributed by atoms with van der Waals surface area (Å²) in [6, 6.07) is 0. The molecule has 0 spiro atoms. The SMILES string of the molecule is CCCN(C)S(=O)(=O)CC(=O)C(C)C. The highest BCUT2D eigenvalue weighted by Gasteiger charge is 2.22. The summed E-state index contributed by atoms with van der Waals surface area (Å²) in [6.07, 6.45) is 0.756. The van der Waals surface area contributed by atoms with E-state index in [-0.39, 0.29) is 17.5 Å². The van der Waals surface area contributed by atoms with Crippen molar-refractivity contribution in [2.45, 2.75) is 27.2 Å². The second kappa shape index (κ2) is 5.46. The van der Waals surface area contributed by atoms with E-state index in [1.807, 2.05) is 6.92 Å². The van der Waals surface area contributed by atoms with Gasteiger partial charge in [0.15, 0.2) is 5.78 Å². The number of carbonyl (C=O) groups is 1. The molecule has 4 nitrogen and oxygen atoms in total. The zero-order valence-corrected chi connectivity index (χ0v) is 10.1. The molecule has 0 fully saturated rings. The van der Waals surface area contributed by atoms with Crippen molar-refractivity contribution in [1.29, 1.82) is 0 Å². The van der Waals surface area contributed by atoms with Crippen LogP contribution < -0.4 is 0 Å². The van der Waals surface area contributed by atoms with Gasteiger partial charge in [0.1, 0.15) is 5.75 Å². The summed E-state index contributed by atoms with van der Waals surface area (Å²) in [4.78, 5) is 11.3. The Kier molecular flexibility index (Phi) is 5.29. The molecule has 0 bridgehead atoms. The van der Waals surface area contributed by atoms with E-state index in [9.17, 15) is 13.2 Å². The molecule has 0 aliphatic rings. The number of rotatable bonds is 6. The van der Waals surface area contributed by atoms with Crippen molar-refractivity contribution in [3.8, 4) is 0 Å². The first-order chi connectivity index (χ1) is 6.31. The first-order valence-electron chi connectivity index (χ1n) is 4.78. The number of Topliss-reactive ketones (excluding diaryl/α,β-unsaturated/α-hetero) is 1. The van der Waals surface area contributed by atoms with Crippen molar-refractivity contribution in [2.24, 2.45) is 5.92 Å². The number of hydrogen-bond acceptors (Lipinski definition) is 3. The summed E-state index contributed by atoms with van der Waals surface area (Å²) in [6.45, 7) is 5.78. The van der Waals surface area contributed by atoms with Crippen molar-refractivity contribution in [2.75, 3.05) is 19.3 Å². The van der Waals surface area contributed by atoms with Crippen molar-refractivity contribution in [1.82, 2.24) is 4.31 Å². The second-order valence-electron chi connectivity index (χ2n) is 3.70. The van der Waals surface area contributed by atoms with Gasteiger partial charge < -0.3 is 0 Å². The van der Waals surface area contributed by atoms with Crippen molar-refractivity contribution >= 4 is 15.8 Å². The van der Waals surface area contributed by atoms with Crippen LogP contribution in [0.15, 0.2) is 0 Å². The summed E-state index contributed by atoms with van der Waals surface area (Å²) in [5.41, 5.74) is 0.